The number of aromatic nitrogens is 1. The summed E-state index contributed by atoms with van der Waals surface area (Å²) < 4.78 is 0. The lowest BCUT2D eigenvalue weighted by Crippen LogP contribution is -1.86. The molecule has 0 amide bonds. The summed E-state index contributed by atoms with van der Waals surface area (Å²) in [6.45, 7) is 0. The molecule has 0 radical (unpaired) electrons. The first kappa shape index (κ1) is 6.47. The zero-order valence-corrected chi connectivity index (χ0v) is 4.97. The molecule has 0 saturated carbocycles. The molecular weight excluding hydrogens is 134 g/mol. The Morgan fingerprint density at radius 2 is 2.40 bits per heavy atom. The summed E-state index contributed by atoms with van der Waals surface area (Å²) in [6, 6.07) is 4.76. The van der Waals surface area contributed by atoms with Crippen LogP contribution in [0.1, 0.15) is 0 Å². The third-order valence-electron chi connectivity index (χ3n) is 0.833. The predicted octanol–water partition coefficient (Wildman–Crippen LogP) is 1.28. The van der Waals surface area contributed by atoms with Gasteiger partial charge in [0.2, 0.25) is 0 Å². The molecule has 0 aliphatic heterocycles. The van der Waals surface area contributed by atoms with Crippen molar-refractivity contribution in [1.29, 1.82) is 0 Å². The Balaban J connectivity index is 2.67. The summed E-state index contributed by atoms with van der Waals surface area (Å²) in [6.07, 6.45) is 1.45. The van der Waals surface area contributed by atoms with Crippen molar-refractivity contribution in [3.05, 3.63) is 39.9 Å². The van der Waals surface area contributed by atoms with Gasteiger partial charge in [0.1, 0.15) is 0 Å². The quantitative estimate of drug-likeness (QED) is 0.456. The van der Waals surface area contributed by atoms with Gasteiger partial charge in [-0.25, -0.2) is 0 Å². The Bertz CT molecular complexity index is 224. The van der Waals surface area contributed by atoms with Crippen LogP contribution in [0.3, 0.4) is 0 Å². The Morgan fingerprint density at radius 3 is 2.90 bits per heavy atom. The van der Waals surface area contributed by atoms with Crippen LogP contribution < -0.4 is 0 Å². The lowest BCUT2D eigenvalue weighted by atomic mass is 10.5. The highest BCUT2D eigenvalue weighted by Gasteiger charge is 1.85. The van der Waals surface area contributed by atoms with E-state index in [-0.39, 0.29) is 5.82 Å². The van der Waals surface area contributed by atoms with Gasteiger partial charge < -0.3 is 4.98 Å². The highest BCUT2D eigenvalue weighted by Crippen LogP contribution is 2.10. The predicted molar refractivity (Wildman–Crippen MR) is 34.3 cm³/mol. The minimum Gasteiger partial charge on any atom is -0.438 e. The third-order valence-corrected chi connectivity index (χ3v) is 0.833. The van der Waals surface area contributed by atoms with E-state index in [0.29, 0.717) is 0 Å². The maximum absolute atomic E-state index is 9.77. The van der Waals surface area contributed by atoms with E-state index in [1.54, 1.807) is 12.1 Å². The van der Waals surface area contributed by atoms with Gasteiger partial charge in [0.15, 0.2) is 0 Å². The van der Waals surface area contributed by atoms with Gasteiger partial charge in [0.25, 0.3) is 0 Å². The van der Waals surface area contributed by atoms with Crippen molar-refractivity contribution in [3.8, 4) is 0 Å². The van der Waals surface area contributed by atoms with Crippen LogP contribution in [0.25, 0.3) is 5.43 Å². The summed E-state index contributed by atoms with van der Waals surface area (Å²) in [7, 11) is 0. The van der Waals surface area contributed by atoms with Crippen LogP contribution in [0.2, 0.25) is 0 Å². The topological polar surface area (TPSA) is 70.1 Å². The van der Waals surface area contributed by atoms with E-state index in [2.05, 4.69) is 10.4 Å². The molecule has 52 valence electrons. The molecule has 1 aromatic heterocycles. The van der Waals surface area contributed by atoms with Gasteiger partial charge in [-0.2, -0.15) is 0 Å². The molecule has 0 spiro atoms. The molecule has 5 nitrogen and oxygen atoms in total. The molecule has 0 saturated heterocycles. The smallest absolute Gasteiger partial charge is 0.0898 e. The molecule has 0 fully saturated rings. The van der Waals surface area contributed by atoms with Crippen LogP contribution in [0.4, 0.5) is 5.82 Å². The fourth-order valence-electron chi connectivity index (χ4n) is 0.497. The molecule has 1 aromatic rings. The number of hydrogen-bond acceptors (Lipinski definition) is 3. The zero-order valence-electron chi connectivity index (χ0n) is 4.97. The van der Waals surface area contributed by atoms with Crippen molar-refractivity contribution in [2.75, 3.05) is 0 Å². The van der Waals surface area contributed by atoms with Crippen LogP contribution in [-0.4, -0.2) is 10.0 Å². The first-order chi connectivity index (χ1) is 4.79. The number of nitro groups is 1. The zero-order chi connectivity index (χ0) is 7.40. The lowest BCUT2D eigenvalue weighted by molar-refractivity contribution is -0.419. The first-order valence-corrected chi connectivity index (χ1v) is 2.56. The number of nitrogens with zero attached hydrogens (tertiary/aromatic N) is 3. The van der Waals surface area contributed by atoms with E-state index in [9.17, 15) is 10.1 Å². The average molecular weight is 138 g/mol. The Kier molecular flexibility index (Phi) is 1.79. The van der Waals surface area contributed by atoms with Crippen molar-refractivity contribution < 1.29 is 5.03 Å². The van der Waals surface area contributed by atoms with Crippen LogP contribution >= 0.6 is 0 Å². The molecule has 5 heteroatoms. The highest BCUT2D eigenvalue weighted by atomic mass is 16.7. The van der Waals surface area contributed by atoms with Gasteiger partial charge in [-0.1, -0.05) is 24.4 Å². The monoisotopic (exact) mass is 138 g/mol. The fourth-order valence-corrected chi connectivity index (χ4v) is 0.497. The normalized spacial score (nSPS) is 8.80. The molecule has 10 heavy (non-hydrogen) atoms. The van der Waals surface area contributed by atoms with Crippen LogP contribution in [-0.2, 0) is 0 Å². The fraction of sp³-hybridized carbons (Fsp3) is 0. The van der Waals surface area contributed by atoms with Gasteiger partial charge in [-0.05, 0) is 0 Å². The Labute approximate surface area is 56.8 Å². The molecular formula is C5H4N3O2-. The van der Waals surface area contributed by atoms with Gasteiger partial charge >= 0.3 is 0 Å². The van der Waals surface area contributed by atoms with Gasteiger partial charge in [0.05, 0.1) is 5.03 Å². The Hall–Kier alpha value is -1.65. The maximum atomic E-state index is 9.77. The van der Waals surface area contributed by atoms with E-state index >= 15 is 0 Å². The minimum absolute atomic E-state index is 0.118. The number of hydrogen-bond donors (Lipinski definition) is 0. The molecule has 1 heterocycles. The molecule has 0 N–H and O–H groups in total. The van der Waals surface area contributed by atoms with E-state index in [0.717, 1.165) is 0 Å². The molecule has 1 rings (SSSR count). The molecule has 0 aliphatic carbocycles. The van der Waals surface area contributed by atoms with Crippen LogP contribution in [0, 0.1) is 10.1 Å². The summed E-state index contributed by atoms with van der Waals surface area (Å²) in [5, 5.41) is 8.99. The number of pyridine rings is 1. The molecule has 0 unspecified atom stereocenters. The summed E-state index contributed by atoms with van der Waals surface area (Å²) in [4.78, 5) is 13.4. The summed E-state index contributed by atoms with van der Waals surface area (Å²) in [5.41, 5.74) is 2.97. The highest BCUT2D eigenvalue weighted by molar-refractivity contribution is 5.34. The lowest BCUT2D eigenvalue weighted by Gasteiger charge is -2.01. The van der Waals surface area contributed by atoms with E-state index in [1.807, 2.05) is 0 Å². The molecule has 0 aromatic carbocycles. The minimum atomic E-state index is -0.775. The van der Waals surface area contributed by atoms with Crippen LogP contribution in [0.5, 0.6) is 0 Å². The number of rotatable bonds is 2. The van der Waals surface area contributed by atoms with Crippen molar-refractivity contribution in [3.63, 3.8) is 0 Å². The van der Waals surface area contributed by atoms with Gasteiger partial charge in [0, 0.05) is 5.82 Å². The third kappa shape index (κ3) is 1.70. The second-order valence-corrected chi connectivity index (χ2v) is 1.53. The van der Waals surface area contributed by atoms with Gasteiger partial charge in [-0.15, -0.1) is 5.43 Å². The standard InChI is InChI=1S/C5H4N3O2/c9-8(10)7-5-3-1-2-4-6-5/h1-4H/q-1. The average Bonchev–Trinajstić information content (AvgIpc) is 1.88. The van der Waals surface area contributed by atoms with Gasteiger partial charge in [-0.3, -0.25) is 10.1 Å². The van der Waals surface area contributed by atoms with Crippen molar-refractivity contribution >= 4 is 5.82 Å². The first-order valence-electron chi connectivity index (χ1n) is 2.56. The Morgan fingerprint density at radius 1 is 1.60 bits per heavy atom. The second kappa shape index (κ2) is 2.77. The molecule has 0 bridgehead atoms. The summed E-state index contributed by atoms with van der Waals surface area (Å²) >= 11 is 0. The second-order valence-electron chi connectivity index (χ2n) is 1.53. The largest absolute Gasteiger partial charge is 0.438 e. The maximum Gasteiger partial charge on any atom is 0.0898 e. The molecule has 0 atom stereocenters. The SMILES string of the molecule is O=[N+]([O-])[N-]c1ccccn1. The van der Waals surface area contributed by atoms with Crippen molar-refractivity contribution in [2.24, 2.45) is 0 Å². The van der Waals surface area contributed by atoms with Crippen molar-refractivity contribution in [2.45, 2.75) is 0 Å². The van der Waals surface area contributed by atoms with Crippen LogP contribution in [0.15, 0.2) is 24.4 Å². The van der Waals surface area contributed by atoms with E-state index in [1.165, 1.54) is 12.3 Å². The summed E-state index contributed by atoms with van der Waals surface area (Å²) in [5.74, 6) is 0.118. The van der Waals surface area contributed by atoms with E-state index < -0.39 is 5.03 Å². The van der Waals surface area contributed by atoms with E-state index in [4.69, 9.17) is 0 Å². The van der Waals surface area contributed by atoms with Crippen molar-refractivity contribution in [1.82, 2.24) is 4.98 Å². The molecule has 0 aliphatic rings.